The van der Waals surface area contributed by atoms with Gasteiger partial charge in [0.1, 0.15) is 17.2 Å². The van der Waals surface area contributed by atoms with E-state index in [1.165, 1.54) is 20.8 Å². The zero-order chi connectivity index (χ0) is 21.1. The summed E-state index contributed by atoms with van der Waals surface area (Å²) in [7, 11) is 0. The summed E-state index contributed by atoms with van der Waals surface area (Å²) in [4.78, 5) is 35.7. The van der Waals surface area contributed by atoms with Gasteiger partial charge < -0.3 is 19.9 Å². The zero-order valence-electron chi connectivity index (χ0n) is 17.7. The molecule has 0 aromatic carbocycles. The number of carbonyl (C=O) groups is 3. The fourth-order valence-corrected chi connectivity index (χ4v) is 1.26. The SMILES string of the molecule is [2H][C@H]([C@H](NC(=O)OC(C)(C)C)C(=O)OC(C)(C)C)[C@@H](C(=O)O)C([2H])([2H])[2H]. The molecule has 22 heavy (non-hydrogen) atoms. The van der Waals surface area contributed by atoms with Gasteiger partial charge in [-0.1, -0.05) is 6.85 Å². The average Bonchev–Trinajstić information content (AvgIpc) is 2.28. The molecule has 0 aromatic heterocycles. The number of aliphatic carboxylic acids is 1. The van der Waals surface area contributed by atoms with Crippen molar-refractivity contribution >= 4 is 18.0 Å². The molecule has 0 rings (SSSR count). The van der Waals surface area contributed by atoms with Crippen molar-refractivity contribution in [2.24, 2.45) is 5.92 Å². The van der Waals surface area contributed by atoms with E-state index in [1.807, 2.05) is 0 Å². The third kappa shape index (κ3) is 9.20. The van der Waals surface area contributed by atoms with Crippen LogP contribution in [-0.2, 0) is 19.1 Å². The number of rotatable bonds is 5. The molecule has 0 aliphatic carbocycles. The van der Waals surface area contributed by atoms with Crippen LogP contribution < -0.4 is 5.32 Å². The van der Waals surface area contributed by atoms with Gasteiger partial charge in [0.25, 0.3) is 0 Å². The summed E-state index contributed by atoms with van der Waals surface area (Å²) < 4.78 is 40.1. The summed E-state index contributed by atoms with van der Waals surface area (Å²) in [5, 5.41) is 11.3. The van der Waals surface area contributed by atoms with Gasteiger partial charge >= 0.3 is 18.0 Å². The van der Waals surface area contributed by atoms with Gasteiger partial charge in [0, 0.05) is 5.48 Å². The van der Waals surface area contributed by atoms with Crippen LogP contribution in [0, 0.1) is 5.92 Å². The largest absolute Gasteiger partial charge is 0.481 e. The van der Waals surface area contributed by atoms with Gasteiger partial charge in [0.05, 0.1) is 5.92 Å². The summed E-state index contributed by atoms with van der Waals surface area (Å²) in [6.07, 6.45) is -3.12. The summed E-state index contributed by atoms with van der Waals surface area (Å²) in [6, 6.07) is -1.84. The molecule has 7 heteroatoms. The maximum atomic E-state index is 12.4. The number of esters is 1. The van der Waals surface area contributed by atoms with Crippen molar-refractivity contribution in [2.75, 3.05) is 0 Å². The highest BCUT2D eigenvalue weighted by Gasteiger charge is 2.31. The predicted octanol–water partition coefficient (Wildman–Crippen LogP) is 2.33. The van der Waals surface area contributed by atoms with Crippen LogP contribution in [0.1, 0.15) is 60.3 Å². The molecular weight excluding hydrogens is 290 g/mol. The number of carbonyl (C=O) groups excluding carboxylic acids is 2. The van der Waals surface area contributed by atoms with E-state index in [0.717, 1.165) is 0 Å². The molecule has 0 radical (unpaired) electrons. The summed E-state index contributed by atoms with van der Waals surface area (Å²) in [6.45, 7) is 6.24. The minimum absolute atomic E-state index is 0.920. The first-order chi connectivity index (χ1) is 11.3. The summed E-state index contributed by atoms with van der Waals surface area (Å²) in [5.41, 5.74) is -1.92. The number of nitrogens with one attached hydrogen (secondary N) is 1. The molecule has 0 aliphatic heterocycles. The number of carboxylic acids is 1. The van der Waals surface area contributed by atoms with E-state index in [4.69, 9.17) is 15.0 Å². The summed E-state index contributed by atoms with van der Waals surface area (Å²) in [5.74, 6) is -5.13. The Morgan fingerprint density at radius 1 is 1.14 bits per heavy atom. The highest BCUT2D eigenvalue weighted by molar-refractivity contribution is 5.82. The number of ether oxygens (including phenoxy) is 2. The Bertz CT molecular complexity index is 536. The molecule has 0 saturated carbocycles. The van der Waals surface area contributed by atoms with Crippen molar-refractivity contribution in [3.63, 3.8) is 0 Å². The maximum Gasteiger partial charge on any atom is 0.408 e. The molecule has 0 saturated heterocycles. The second-order valence-electron chi connectivity index (χ2n) is 6.67. The number of amides is 1. The monoisotopic (exact) mass is 321 g/mol. The number of alkyl carbamates (subject to hydrolysis) is 1. The maximum absolute atomic E-state index is 12.4. The van der Waals surface area contributed by atoms with Gasteiger partial charge in [0.2, 0.25) is 0 Å². The van der Waals surface area contributed by atoms with E-state index in [2.05, 4.69) is 5.32 Å². The lowest BCUT2D eigenvalue weighted by Crippen LogP contribution is -2.47. The van der Waals surface area contributed by atoms with Crippen LogP contribution in [0.2, 0.25) is 0 Å². The highest BCUT2D eigenvalue weighted by atomic mass is 16.6. The predicted molar refractivity (Wildman–Crippen MR) is 80.4 cm³/mol. The molecule has 0 unspecified atom stereocenters. The van der Waals surface area contributed by atoms with Gasteiger partial charge in [-0.3, -0.25) is 4.79 Å². The lowest BCUT2D eigenvalue weighted by atomic mass is 10.0. The normalized spacial score (nSPS) is 19.4. The molecule has 0 bridgehead atoms. The van der Waals surface area contributed by atoms with Gasteiger partial charge in [-0.25, -0.2) is 9.59 Å². The van der Waals surface area contributed by atoms with Crippen LogP contribution in [0.25, 0.3) is 0 Å². The lowest BCUT2D eigenvalue weighted by Gasteiger charge is -2.26. The third-order valence-corrected chi connectivity index (χ3v) is 1.98. The van der Waals surface area contributed by atoms with Crippen LogP contribution in [-0.4, -0.2) is 40.4 Å². The topological polar surface area (TPSA) is 102 Å². The number of hydrogen-bond acceptors (Lipinski definition) is 5. The molecule has 1 amide bonds. The minimum atomic E-state index is -3.06. The second kappa shape index (κ2) is 7.47. The van der Waals surface area contributed by atoms with Gasteiger partial charge in [0.15, 0.2) is 0 Å². The van der Waals surface area contributed by atoms with E-state index in [1.54, 1.807) is 20.8 Å². The average molecular weight is 321 g/mol. The fourth-order valence-electron chi connectivity index (χ4n) is 1.26. The molecule has 128 valence electrons. The standard InChI is InChI=1S/C15H27NO6/c1-9(11(17)18)8-10(12(19)21-14(2,3)4)16-13(20)22-15(5,6)7/h9-10H,8H2,1-7H3,(H,16,20)(H,17,18)/t9-,10-/m0/s1/i1D3,8D/t8-,9-,10-. The van der Waals surface area contributed by atoms with Crippen molar-refractivity contribution in [1.29, 1.82) is 0 Å². The van der Waals surface area contributed by atoms with E-state index in [9.17, 15) is 19.5 Å². The van der Waals surface area contributed by atoms with Crippen molar-refractivity contribution in [1.82, 2.24) is 5.32 Å². The Morgan fingerprint density at radius 2 is 1.64 bits per heavy atom. The molecule has 7 nitrogen and oxygen atoms in total. The Kier molecular flexibility index (Phi) is 4.70. The Morgan fingerprint density at radius 3 is 2.00 bits per heavy atom. The molecule has 2 N–H and O–H groups in total. The molecular formula is C15H27NO6. The first-order valence-corrected chi connectivity index (χ1v) is 6.72. The first-order valence-electron chi connectivity index (χ1n) is 8.80. The second-order valence-corrected chi connectivity index (χ2v) is 6.67. The smallest absolute Gasteiger partial charge is 0.408 e. The molecule has 3 atom stereocenters. The van der Waals surface area contributed by atoms with Crippen molar-refractivity contribution in [2.45, 2.75) is 72.0 Å². The van der Waals surface area contributed by atoms with Crippen LogP contribution in [0.4, 0.5) is 4.79 Å². The van der Waals surface area contributed by atoms with Crippen LogP contribution in [0.3, 0.4) is 0 Å². The molecule has 0 heterocycles. The Hall–Kier alpha value is -1.79. The Balaban J connectivity index is 5.72. The van der Waals surface area contributed by atoms with Crippen LogP contribution in [0.5, 0.6) is 0 Å². The fraction of sp³-hybridized carbons (Fsp3) is 0.800. The Labute approximate surface area is 137 Å². The molecule has 0 fully saturated rings. The van der Waals surface area contributed by atoms with E-state index < -0.39 is 54.4 Å². The summed E-state index contributed by atoms with van der Waals surface area (Å²) >= 11 is 0. The third-order valence-electron chi connectivity index (χ3n) is 1.98. The first kappa shape index (κ1) is 13.8. The quantitative estimate of drug-likeness (QED) is 0.754. The molecule has 0 aliphatic rings. The lowest BCUT2D eigenvalue weighted by molar-refractivity contribution is -0.158. The van der Waals surface area contributed by atoms with E-state index in [0.29, 0.717) is 0 Å². The van der Waals surface area contributed by atoms with Crippen LogP contribution in [0.15, 0.2) is 0 Å². The van der Waals surface area contributed by atoms with E-state index in [-0.39, 0.29) is 0 Å². The number of carboxylic acid groups (broad SMARTS) is 1. The van der Waals surface area contributed by atoms with Crippen molar-refractivity contribution in [3.05, 3.63) is 0 Å². The number of hydrogen-bond donors (Lipinski definition) is 2. The van der Waals surface area contributed by atoms with Gasteiger partial charge in [-0.15, -0.1) is 0 Å². The minimum Gasteiger partial charge on any atom is -0.481 e. The molecule has 0 spiro atoms. The van der Waals surface area contributed by atoms with E-state index >= 15 is 0 Å². The van der Waals surface area contributed by atoms with Gasteiger partial charge in [-0.05, 0) is 47.9 Å². The molecule has 0 aromatic rings. The van der Waals surface area contributed by atoms with Gasteiger partial charge in [-0.2, -0.15) is 0 Å². The van der Waals surface area contributed by atoms with Crippen molar-refractivity contribution in [3.8, 4) is 0 Å². The highest BCUT2D eigenvalue weighted by Crippen LogP contribution is 2.14. The van der Waals surface area contributed by atoms with Crippen LogP contribution >= 0.6 is 0 Å². The van der Waals surface area contributed by atoms with Crippen molar-refractivity contribution < 1.29 is 34.4 Å². The zero-order valence-corrected chi connectivity index (χ0v) is 13.7.